The lowest BCUT2D eigenvalue weighted by atomic mass is 9.87. The second-order valence-corrected chi connectivity index (χ2v) is 9.19. The number of carboxylic acids is 1. The van der Waals surface area contributed by atoms with Crippen molar-refractivity contribution in [2.24, 2.45) is 5.41 Å². The Hall–Kier alpha value is -3.60. The third-order valence-electron chi connectivity index (χ3n) is 6.39. The maximum absolute atomic E-state index is 12.4. The van der Waals surface area contributed by atoms with Crippen LogP contribution in [0.1, 0.15) is 49.3 Å². The number of rotatable bonds is 8. The van der Waals surface area contributed by atoms with Crippen LogP contribution >= 0.6 is 0 Å². The summed E-state index contributed by atoms with van der Waals surface area (Å²) in [7, 11) is 0. The van der Waals surface area contributed by atoms with Crippen molar-refractivity contribution >= 4 is 17.7 Å². The minimum Gasteiger partial charge on any atom is -0.481 e. The third-order valence-corrected chi connectivity index (χ3v) is 6.39. The van der Waals surface area contributed by atoms with E-state index >= 15 is 0 Å². The van der Waals surface area contributed by atoms with Crippen molar-refractivity contribution in [3.8, 4) is 11.1 Å². The van der Waals surface area contributed by atoms with E-state index in [0.29, 0.717) is 12.1 Å². The van der Waals surface area contributed by atoms with Crippen LogP contribution in [0.15, 0.2) is 72.8 Å². The van der Waals surface area contributed by atoms with Gasteiger partial charge in [0.2, 0.25) is 0 Å². The Kier molecular flexibility index (Phi) is 6.50. The topological polar surface area (TPSA) is 75.6 Å². The fourth-order valence-electron chi connectivity index (χ4n) is 4.35. The molecule has 1 aliphatic rings. The van der Waals surface area contributed by atoms with Gasteiger partial charge in [-0.15, -0.1) is 0 Å². The van der Waals surface area contributed by atoms with Gasteiger partial charge in [-0.1, -0.05) is 60.7 Å². The lowest BCUT2D eigenvalue weighted by Gasteiger charge is -2.18. The van der Waals surface area contributed by atoms with Gasteiger partial charge in [0.15, 0.2) is 0 Å². The van der Waals surface area contributed by atoms with Crippen molar-refractivity contribution in [2.75, 3.05) is 11.9 Å². The predicted octanol–water partition coefficient (Wildman–Crippen LogP) is 6.48. The van der Waals surface area contributed by atoms with Gasteiger partial charge in [0, 0.05) is 11.6 Å². The Morgan fingerprint density at radius 2 is 1.48 bits per heavy atom. The molecule has 170 valence electrons. The second kappa shape index (κ2) is 9.49. The molecule has 0 heterocycles. The molecular formula is C28H29NO4. The molecule has 0 saturated heterocycles. The first kappa shape index (κ1) is 22.6. The predicted molar refractivity (Wildman–Crippen MR) is 129 cm³/mol. The van der Waals surface area contributed by atoms with Gasteiger partial charge in [-0.05, 0) is 73.1 Å². The molecule has 1 amide bonds. The molecule has 4 rings (SSSR count). The van der Waals surface area contributed by atoms with Crippen LogP contribution < -0.4 is 5.32 Å². The number of carbonyl (C=O) groups is 2. The zero-order valence-corrected chi connectivity index (χ0v) is 19.0. The lowest BCUT2D eigenvalue weighted by molar-refractivity contribution is -0.147. The molecule has 0 bridgehead atoms. The van der Waals surface area contributed by atoms with E-state index in [4.69, 9.17) is 4.74 Å². The number of fused-ring (bicyclic) bond motifs is 3. The summed E-state index contributed by atoms with van der Waals surface area (Å²) in [4.78, 5) is 23.7. The lowest BCUT2D eigenvalue weighted by Crippen LogP contribution is -2.23. The molecular weight excluding hydrogens is 414 g/mol. The number of carbonyl (C=O) groups excluding carboxylic acids is 1. The SMILES string of the molecule is CC(C)(CCCc1ccc(NC(=O)OCC2c3ccccc3-c3ccccc32)cc1)C(=O)O. The van der Waals surface area contributed by atoms with Gasteiger partial charge < -0.3 is 9.84 Å². The van der Waals surface area contributed by atoms with Gasteiger partial charge in [0.05, 0.1) is 5.41 Å². The molecule has 3 aromatic rings. The first-order chi connectivity index (χ1) is 15.8. The summed E-state index contributed by atoms with van der Waals surface area (Å²) in [6.45, 7) is 3.77. The highest BCUT2D eigenvalue weighted by Gasteiger charge is 2.29. The number of aryl methyl sites for hydroxylation is 1. The molecule has 0 aliphatic heterocycles. The molecule has 0 fully saturated rings. The Morgan fingerprint density at radius 1 is 0.909 bits per heavy atom. The quantitative estimate of drug-likeness (QED) is 0.418. The number of hydrogen-bond donors (Lipinski definition) is 2. The van der Waals surface area contributed by atoms with Crippen molar-refractivity contribution in [3.63, 3.8) is 0 Å². The Balaban J connectivity index is 1.30. The molecule has 0 aromatic heterocycles. The van der Waals surface area contributed by atoms with Crippen molar-refractivity contribution < 1.29 is 19.4 Å². The number of amides is 1. The van der Waals surface area contributed by atoms with E-state index in [1.165, 1.54) is 22.3 Å². The Morgan fingerprint density at radius 3 is 2.06 bits per heavy atom. The van der Waals surface area contributed by atoms with Crippen LogP contribution in [-0.2, 0) is 16.0 Å². The summed E-state index contributed by atoms with van der Waals surface area (Å²) in [5.41, 5.74) is 5.82. The zero-order chi connectivity index (χ0) is 23.4. The number of carboxylic acid groups (broad SMARTS) is 1. The van der Waals surface area contributed by atoms with E-state index < -0.39 is 17.5 Å². The van der Waals surface area contributed by atoms with Crippen molar-refractivity contribution in [1.82, 2.24) is 0 Å². The van der Waals surface area contributed by atoms with Gasteiger partial charge >= 0.3 is 12.1 Å². The van der Waals surface area contributed by atoms with Gasteiger partial charge in [0.1, 0.15) is 6.61 Å². The number of anilines is 1. The average molecular weight is 444 g/mol. The second-order valence-electron chi connectivity index (χ2n) is 9.19. The summed E-state index contributed by atoms with van der Waals surface area (Å²) >= 11 is 0. The molecule has 1 aliphatic carbocycles. The van der Waals surface area contributed by atoms with Crippen LogP contribution in [0, 0.1) is 5.41 Å². The Labute approximate surface area is 194 Å². The summed E-state index contributed by atoms with van der Waals surface area (Å²) in [6.07, 6.45) is 1.72. The summed E-state index contributed by atoms with van der Waals surface area (Å²) in [5.74, 6) is -0.745. The molecule has 0 atom stereocenters. The summed E-state index contributed by atoms with van der Waals surface area (Å²) in [6, 6.07) is 24.1. The minimum absolute atomic E-state index is 0.0283. The van der Waals surface area contributed by atoms with Gasteiger partial charge in [-0.3, -0.25) is 10.1 Å². The van der Waals surface area contributed by atoms with Crippen LogP contribution in [0.25, 0.3) is 11.1 Å². The van der Waals surface area contributed by atoms with E-state index in [1.807, 2.05) is 48.5 Å². The zero-order valence-electron chi connectivity index (χ0n) is 19.0. The standard InChI is InChI=1S/C28H29NO4/c1-28(2,26(30)31)17-7-8-19-13-15-20(16-14-19)29-27(32)33-18-25-23-11-5-3-9-21(23)22-10-4-6-12-24(22)25/h3-6,9-16,25H,7-8,17-18H2,1-2H3,(H,29,32)(H,30,31). The Bertz CT molecular complexity index is 1110. The van der Waals surface area contributed by atoms with Crippen LogP contribution in [-0.4, -0.2) is 23.8 Å². The fraction of sp³-hybridized carbons (Fsp3) is 0.286. The molecule has 0 saturated carbocycles. The first-order valence-electron chi connectivity index (χ1n) is 11.3. The van der Waals surface area contributed by atoms with Crippen LogP contribution in [0.4, 0.5) is 10.5 Å². The number of benzene rings is 3. The first-order valence-corrected chi connectivity index (χ1v) is 11.3. The van der Waals surface area contributed by atoms with Crippen LogP contribution in [0.5, 0.6) is 0 Å². The molecule has 0 spiro atoms. The van der Waals surface area contributed by atoms with Crippen molar-refractivity contribution in [3.05, 3.63) is 89.5 Å². The van der Waals surface area contributed by atoms with Crippen LogP contribution in [0.2, 0.25) is 0 Å². The van der Waals surface area contributed by atoms with E-state index in [1.54, 1.807) is 13.8 Å². The molecule has 33 heavy (non-hydrogen) atoms. The maximum Gasteiger partial charge on any atom is 0.411 e. The minimum atomic E-state index is -0.773. The molecule has 0 radical (unpaired) electrons. The summed E-state index contributed by atoms with van der Waals surface area (Å²) < 4.78 is 5.59. The normalized spacial score (nSPS) is 12.7. The average Bonchev–Trinajstić information content (AvgIpc) is 3.12. The van der Waals surface area contributed by atoms with Crippen molar-refractivity contribution in [2.45, 2.75) is 39.0 Å². The van der Waals surface area contributed by atoms with Crippen LogP contribution in [0.3, 0.4) is 0 Å². The molecule has 2 N–H and O–H groups in total. The smallest absolute Gasteiger partial charge is 0.411 e. The number of hydrogen-bond acceptors (Lipinski definition) is 3. The highest BCUT2D eigenvalue weighted by molar-refractivity contribution is 5.85. The number of ether oxygens (including phenoxy) is 1. The van der Waals surface area contributed by atoms with Gasteiger partial charge in [0.25, 0.3) is 0 Å². The molecule has 0 unspecified atom stereocenters. The monoisotopic (exact) mass is 443 g/mol. The highest BCUT2D eigenvalue weighted by Crippen LogP contribution is 2.44. The van der Waals surface area contributed by atoms with E-state index in [-0.39, 0.29) is 12.5 Å². The van der Waals surface area contributed by atoms with Gasteiger partial charge in [-0.2, -0.15) is 0 Å². The number of aliphatic carboxylic acids is 1. The van der Waals surface area contributed by atoms with E-state index in [9.17, 15) is 14.7 Å². The molecule has 3 aromatic carbocycles. The van der Waals surface area contributed by atoms with Crippen molar-refractivity contribution in [1.29, 1.82) is 0 Å². The number of nitrogens with one attached hydrogen (secondary N) is 1. The largest absolute Gasteiger partial charge is 0.481 e. The molecule has 5 nitrogen and oxygen atoms in total. The fourth-order valence-corrected chi connectivity index (χ4v) is 4.35. The van der Waals surface area contributed by atoms with E-state index in [2.05, 4.69) is 29.6 Å². The third kappa shape index (κ3) is 5.08. The van der Waals surface area contributed by atoms with Gasteiger partial charge in [-0.25, -0.2) is 4.79 Å². The van der Waals surface area contributed by atoms with E-state index in [0.717, 1.165) is 18.4 Å². The summed E-state index contributed by atoms with van der Waals surface area (Å²) in [5, 5.41) is 12.0. The highest BCUT2D eigenvalue weighted by atomic mass is 16.5. The maximum atomic E-state index is 12.4. The molecule has 5 heteroatoms.